The molecule has 0 N–H and O–H groups in total. The summed E-state index contributed by atoms with van der Waals surface area (Å²) >= 11 is 0. The van der Waals surface area contributed by atoms with Crippen molar-refractivity contribution >= 4 is 5.97 Å². The molecule has 1 saturated carbocycles. The van der Waals surface area contributed by atoms with Crippen LogP contribution in [0.2, 0.25) is 0 Å². The van der Waals surface area contributed by atoms with Crippen LogP contribution in [0.1, 0.15) is 30.7 Å². The van der Waals surface area contributed by atoms with Crippen molar-refractivity contribution in [3.05, 3.63) is 35.6 Å². The van der Waals surface area contributed by atoms with Crippen LogP contribution in [-0.4, -0.2) is 43.3 Å². The molecule has 3 rings (SSSR count). The molecule has 0 unspecified atom stereocenters. The van der Waals surface area contributed by atoms with Crippen LogP contribution in [0, 0.1) is 17.7 Å². The summed E-state index contributed by atoms with van der Waals surface area (Å²) in [5, 5.41) is 0. The largest absolute Gasteiger partial charge is 0.465 e. The van der Waals surface area contributed by atoms with Gasteiger partial charge in [-0.15, -0.1) is 0 Å². The predicted octanol–water partition coefficient (Wildman–Crippen LogP) is 3.75. The van der Waals surface area contributed by atoms with Crippen LogP contribution in [0.5, 0.6) is 0 Å². The van der Waals surface area contributed by atoms with Gasteiger partial charge in [0.1, 0.15) is 5.82 Å². The van der Waals surface area contributed by atoms with E-state index in [-0.39, 0.29) is 36.1 Å². The van der Waals surface area contributed by atoms with Gasteiger partial charge >= 0.3 is 12.1 Å². The minimum Gasteiger partial charge on any atom is -0.465 e. The number of esters is 1. The highest BCUT2D eigenvalue weighted by Gasteiger charge is 2.45. The van der Waals surface area contributed by atoms with Gasteiger partial charge in [0.2, 0.25) is 0 Å². The zero-order chi connectivity index (χ0) is 18.0. The van der Waals surface area contributed by atoms with Crippen LogP contribution in [0.3, 0.4) is 0 Å². The molecule has 2 aliphatic rings. The summed E-state index contributed by atoms with van der Waals surface area (Å²) in [4.78, 5) is 13.5. The van der Waals surface area contributed by atoms with Gasteiger partial charge in [0, 0.05) is 0 Å². The van der Waals surface area contributed by atoms with E-state index >= 15 is 0 Å². The number of nitrogens with zero attached hydrogens (tertiary/aromatic N) is 1. The Morgan fingerprint density at radius 1 is 1.16 bits per heavy atom. The summed E-state index contributed by atoms with van der Waals surface area (Å²) in [6, 6.07) is 6.13. The third-order valence-electron chi connectivity index (χ3n) is 4.96. The maximum Gasteiger partial charge on any atom is 0.401 e. The van der Waals surface area contributed by atoms with Crippen LogP contribution < -0.4 is 0 Å². The second kappa shape index (κ2) is 7.32. The van der Waals surface area contributed by atoms with E-state index in [1.807, 2.05) is 0 Å². The van der Waals surface area contributed by atoms with Crippen LogP contribution >= 0.6 is 0 Å². The molecule has 1 heterocycles. The molecule has 2 atom stereocenters. The maximum atomic E-state index is 12.9. The van der Waals surface area contributed by atoms with E-state index in [0.717, 1.165) is 5.56 Å². The van der Waals surface area contributed by atoms with Gasteiger partial charge in [-0.25, -0.2) is 4.39 Å². The average Bonchev–Trinajstić information content (AvgIpc) is 3.34. The fourth-order valence-electron chi connectivity index (χ4n) is 3.41. The number of carbonyl (C=O) groups is 1. The van der Waals surface area contributed by atoms with Gasteiger partial charge in [0.05, 0.1) is 19.1 Å². The van der Waals surface area contributed by atoms with Crippen LogP contribution in [0.4, 0.5) is 17.6 Å². The highest BCUT2D eigenvalue weighted by atomic mass is 19.4. The van der Waals surface area contributed by atoms with Crippen molar-refractivity contribution in [1.29, 1.82) is 0 Å². The Morgan fingerprint density at radius 2 is 1.80 bits per heavy atom. The number of alkyl halides is 3. The molecule has 0 bridgehead atoms. The quantitative estimate of drug-likeness (QED) is 0.592. The molecule has 1 aromatic carbocycles. The van der Waals surface area contributed by atoms with Crippen LogP contribution in [-0.2, 0) is 9.53 Å². The Balaban J connectivity index is 1.37. The number of likely N-dealkylation sites (tertiary alicyclic amines) is 1. The molecule has 1 aliphatic carbocycles. The molecule has 0 amide bonds. The summed E-state index contributed by atoms with van der Waals surface area (Å²) in [6.07, 6.45) is -2.25. The number of hydrogen-bond acceptors (Lipinski definition) is 3. The van der Waals surface area contributed by atoms with Crippen molar-refractivity contribution in [3.63, 3.8) is 0 Å². The highest BCUT2D eigenvalue weighted by Crippen LogP contribution is 2.48. The Morgan fingerprint density at radius 3 is 2.40 bits per heavy atom. The fraction of sp³-hybridized carbons (Fsp3) is 0.611. The number of hydrogen-bond donors (Lipinski definition) is 0. The van der Waals surface area contributed by atoms with Crippen molar-refractivity contribution in [2.45, 2.75) is 31.4 Å². The smallest absolute Gasteiger partial charge is 0.401 e. The maximum absolute atomic E-state index is 12.9. The predicted molar refractivity (Wildman–Crippen MR) is 83.4 cm³/mol. The number of piperidine rings is 1. The molecule has 0 aromatic heterocycles. The van der Waals surface area contributed by atoms with Gasteiger partial charge in [0.25, 0.3) is 0 Å². The highest BCUT2D eigenvalue weighted by molar-refractivity contribution is 5.77. The van der Waals surface area contributed by atoms with Crippen molar-refractivity contribution < 1.29 is 27.1 Å². The first kappa shape index (κ1) is 18.2. The lowest BCUT2D eigenvalue weighted by Gasteiger charge is -2.32. The molecular formula is C18H21F4NO2. The monoisotopic (exact) mass is 359 g/mol. The minimum absolute atomic E-state index is 0.0849. The third kappa shape index (κ3) is 5.17. The first-order valence-corrected chi connectivity index (χ1v) is 8.53. The van der Waals surface area contributed by atoms with Gasteiger partial charge < -0.3 is 4.74 Å². The molecule has 1 aromatic rings. The van der Waals surface area contributed by atoms with Crippen LogP contribution in [0.15, 0.2) is 24.3 Å². The van der Waals surface area contributed by atoms with Crippen molar-refractivity contribution in [2.75, 3.05) is 26.2 Å². The number of ether oxygens (including phenoxy) is 1. The molecular weight excluding hydrogens is 338 g/mol. The summed E-state index contributed by atoms with van der Waals surface area (Å²) in [5.41, 5.74) is 0.934. The summed E-state index contributed by atoms with van der Waals surface area (Å²) in [5.74, 6) is -0.540. The Bertz CT molecular complexity index is 594. The van der Waals surface area contributed by atoms with Crippen LogP contribution in [0.25, 0.3) is 0 Å². The number of halogens is 4. The van der Waals surface area contributed by atoms with Crippen molar-refractivity contribution in [3.8, 4) is 0 Å². The zero-order valence-corrected chi connectivity index (χ0v) is 13.8. The van der Waals surface area contributed by atoms with Gasteiger partial charge in [0.15, 0.2) is 0 Å². The van der Waals surface area contributed by atoms with E-state index in [0.29, 0.717) is 32.4 Å². The first-order chi connectivity index (χ1) is 11.8. The van der Waals surface area contributed by atoms with Crippen molar-refractivity contribution in [1.82, 2.24) is 4.90 Å². The Labute approximate surface area is 143 Å². The molecule has 3 nitrogen and oxygen atoms in total. The second-order valence-electron chi connectivity index (χ2n) is 6.96. The lowest BCUT2D eigenvalue weighted by Crippen LogP contribution is -2.41. The average molecular weight is 359 g/mol. The topological polar surface area (TPSA) is 29.5 Å². The van der Waals surface area contributed by atoms with Gasteiger partial charge in [-0.1, -0.05) is 12.1 Å². The Kier molecular flexibility index (Phi) is 5.32. The second-order valence-corrected chi connectivity index (χ2v) is 6.96. The first-order valence-electron chi connectivity index (χ1n) is 8.53. The summed E-state index contributed by atoms with van der Waals surface area (Å²) in [7, 11) is 0. The van der Waals surface area contributed by atoms with Crippen molar-refractivity contribution in [2.24, 2.45) is 11.8 Å². The van der Waals surface area contributed by atoms with E-state index in [1.165, 1.54) is 17.0 Å². The standard InChI is InChI=1S/C18H21F4NO2/c19-14-3-1-13(2-4-14)15-9-16(15)17(24)25-10-12-5-7-23(8-6-12)11-18(20,21)22/h1-4,12,15-16H,5-11H2/t15-,16+/m1/s1. The minimum atomic E-state index is -4.17. The normalized spacial score (nSPS) is 25.0. The molecule has 1 saturated heterocycles. The SMILES string of the molecule is O=C(OCC1CCN(CC(F)(F)F)CC1)[C@H]1C[C@@H]1c1ccc(F)cc1. The molecule has 138 valence electrons. The zero-order valence-electron chi connectivity index (χ0n) is 13.8. The van der Waals surface area contributed by atoms with E-state index in [9.17, 15) is 22.4 Å². The Hall–Kier alpha value is -1.63. The lowest BCUT2D eigenvalue weighted by atomic mass is 9.98. The fourth-order valence-corrected chi connectivity index (χ4v) is 3.41. The van der Waals surface area contributed by atoms with E-state index in [1.54, 1.807) is 12.1 Å². The molecule has 0 radical (unpaired) electrons. The van der Waals surface area contributed by atoms with Gasteiger partial charge in [-0.2, -0.15) is 13.2 Å². The number of rotatable bonds is 5. The molecule has 25 heavy (non-hydrogen) atoms. The van der Waals surface area contributed by atoms with Gasteiger partial charge in [-0.05, 0) is 61.9 Å². The lowest BCUT2D eigenvalue weighted by molar-refractivity contribution is -0.151. The number of benzene rings is 1. The number of carbonyl (C=O) groups excluding carboxylic acids is 1. The summed E-state index contributed by atoms with van der Waals surface area (Å²) < 4.78 is 55.3. The molecule has 2 fully saturated rings. The molecule has 0 spiro atoms. The van der Waals surface area contributed by atoms with E-state index in [2.05, 4.69) is 0 Å². The van der Waals surface area contributed by atoms with Gasteiger partial charge in [-0.3, -0.25) is 9.69 Å². The summed E-state index contributed by atoms with van der Waals surface area (Å²) in [6.45, 7) is 0.152. The van der Waals surface area contributed by atoms with E-state index in [4.69, 9.17) is 4.74 Å². The van der Waals surface area contributed by atoms with E-state index < -0.39 is 12.7 Å². The molecule has 1 aliphatic heterocycles. The molecule has 7 heteroatoms. The third-order valence-corrected chi connectivity index (χ3v) is 4.96.